The molecule has 0 aromatic heterocycles. The van der Waals surface area contributed by atoms with Crippen molar-refractivity contribution >= 4 is 35.4 Å². The smallest absolute Gasteiger partial charge is 0.338 e. The second-order valence-corrected chi connectivity index (χ2v) is 8.81. The van der Waals surface area contributed by atoms with Crippen LogP contribution in [0.25, 0.3) is 17.2 Å². The summed E-state index contributed by atoms with van der Waals surface area (Å²) in [5, 5.41) is 13.2. The molecule has 0 saturated carbocycles. The Kier molecular flexibility index (Phi) is 8.58. The van der Waals surface area contributed by atoms with Gasteiger partial charge in [-0.2, -0.15) is 0 Å². The first-order valence-corrected chi connectivity index (χ1v) is 11.7. The molecule has 0 radical (unpaired) electrons. The van der Waals surface area contributed by atoms with Gasteiger partial charge in [0.25, 0.3) is 11.8 Å². The summed E-state index contributed by atoms with van der Waals surface area (Å²) in [6.45, 7) is 8.27. The molecule has 5 N–H and O–H groups in total. The summed E-state index contributed by atoms with van der Waals surface area (Å²) in [4.78, 5) is 38.7. The van der Waals surface area contributed by atoms with E-state index in [2.05, 4.69) is 17.2 Å². The van der Waals surface area contributed by atoms with Gasteiger partial charge < -0.3 is 21.1 Å². The van der Waals surface area contributed by atoms with E-state index in [4.69, 9.17) is 15.9 Å². The highest BCUT2D eigenvalue weighted by atomic mass is 16.5. The first-order chi connectivity index (χ1) is 17.6. The van der Waals surface area contributed by atoms with Crippen LogP contribution in [-0.4, -0.2) is 37.3 Å². The zero-order chi connectivity index (χ0) is 27.1. The van der Waals surface area contributed by atoms with E-state index in [-0.39, 0.29) is 23.2 Å². The Hall–Kier alpha value is -4.72. The van der Waals surface area contributed by atoms with Crippen LogP contribution in [0.2, 0.25) is 0 Å². The minimum atomic E-state index is -0.635. The second kappa shape index (κ2) is 11.8. The number of amidine groups is 1. The van der Waals surface area contributed by atoms with E-state index in [0.29, 0.717) is 40.0 Å². The van der Waals surface area contributed by atoms with Crippen molar-refractivity contribution in [2.24, 2.45) is 11.7 Å². The zero-order valence-electron chi connectivity index (χ0n) is 21.1. The normalized spacial score (nSPS) is 10.5. The first-order valence-electron chi connectivity index (χ1n) is 11.7. The number of nitrogen functional groups attached to an aromatic ring is 1. The zero-order valence-corrected chi connectivity index (χ0v) is 21.1. The van der Waals surface area contributed by atoms with Crippen molar-refractivity contribution in [1.29, 1.82) is 5.41 Å². The van der Waals surface area contributed by atoms with Crippen LogP contribution in [0.1, 0.15) is 56.0 Å². The van der Waals surface area contributed by atoms with Gasteiger partial charge in [-0.1, -0.05) is 38.6 Å². The lowest BCUT2D eigenvalue weighted by molar-refractivity contribution is 0.0601. The van der Waals surface area contributed by atoms with Gasteiger partial charge in [-0.05, 0) is 71.1 Å². The van der Waals surface area contributed by atoms with E-state index in [1.807, 2.05) is 13.8 Å². The van der Waals surface area contributed by atoms with Crippen molar-refractivity contribution in [2.45, 2.75) is 13.8 Å². The number of esters is 1. The van der Waals surface area contributed by atoms with Crippen LogP contribution in [0.15, 0.2) is 67.2 Å². The van der Waals surface area contributed by atoms with Gasteiger partial charge in [0.1, 0.15) is 5.84 Å². The van der Waals surface area contributed by atoms with Crippen LogP contribution in [0.5, 0.6) is 0 Å². The molecule has 0 atom stereocenters. The fraction of sp³-hybridized carbons (Fsp3) is 0.172. The summed E-state index contributed by atoms with van der Waals surface area (Å²) in [6.07, 6.45) is 1.64. The van der Waals surface area contributed by atoms with Crippen molar-refractivity contribution in [2.75, 3.05) is 19.0 Å². The molecule has 0 aliphatic heterocycles. The van der Waals surface area contributed by atoms with E-state index >= 15 is 0 Å². The van der Waals surface area contributed by atoms with E-state index in [1.165, 1.54) is 13.2 Å². The Morgan fingerprint density at radius 1 is 0.946 bits per heavy atom. The Labute approximate surface area is 216 Å². The molecule has 3 rings (SSSR count). The van der Waals surface area contributed by atoms with Crippen LogP contribution in [-0.2, 0) is 4.74 Å². The molecule has 0 aliphatic carbocycles. The number of hydrogen-bond donors (Lipinski definition) is 4. The maximum absolute atomic E-state index is 13.3. The molecule has 0 bridgehead atoms. The third kappa shape index (κ3) is 6.49. The molecule has 0 saturated heterocycles. The maximum atomic E-state index is 13.3. The number of nitrogens with two attached hydrogens (primary N) is 1. The molecule has 37 heavy (non-hydrogen) atoms. The summed E-state index contributed by atoms with van der Waals surface area (Å²) in [5.41, 5.74) is 8.98. The van der Waals surface area contributed by atoms with Crippen LogP contribution in [0.4, 0.5) is 5.69 Å². The summed E-state index contributed by atoms with van der Waals surface area (Å²) < 4.78 is 5.00. The molecule has 0 aliphatic rings. The van der Waals surface area contributed by atoms with E-state index in [1.54, 1.807) is 60.7 Å². The lowest BCUT2D eigenvalue weighted by Gasteiger charge is -2.16. The molecule has 0 heterocycles. The van der Waals surface area contributed by atoms with Crippen molar-refractivity contribution in [3.8, 4) is 11.1 Å². The fourth-order valence-corrected chi connectivity index (χ4v) is 3.64. The van der Waals surface area contributed by atoms with E-state index in [9.17, 15) is 14.4 Å². The van der Waals surface area contributed by atoms with Crippen molar-refractivity contribution in [1.82, 2.24) is 5.32 Å². The lowest BCUT2D eigenvalue weighted by atomic mass is 9.91. The Bertz CT molecular complexity index is 1360. The number of carbonyl (C=O) groups is 3. The summed E-state index contributed by atoms with van der Waals surface area (Å²) >= 11 is 0. The third-order valence-electron chi connectivity index (χ3n) is 5.63. The second-order valence-electron chi connectivity index (χ2n) is 8.81. The largest absolute Gasteiger partial charge is 0.465 e. The maximum Gasteiger partial charge on any atom is 0.338 e. The average Bonchev–Trinajstić information content (AvgIpc) is 2.90. The molecular formula is C29H30N4O4. The molecule has 190 valence electrons. The minimum Gasteiger partial charge on any atom is -0.465 e. The topological polar surface area (TPSA) is 134 Å². The number of nitrogens with one attached hydrogen (secondary N) is 3. The number of carbonyl (C=O) groups excluding carboxylic acids is 3. The van der Waals surface area contributed by atoms with E-state index < -0.39 is 11.9 Å². The molecular weight excluding hydrogens is 468 g/mol. The number of methoxy groups -OCH3 is 1. The van der Waals surface area contributed by atoms with Gasteiger partial charge in [-0.25, -0.2) is 4.79 Å². The SMILES string of the molecule is C=Cc1ccc(C(=O)Nc2ccc(C(=N)N)cc2)c(-c2ccc(C(=O)NCC(C)C)cc2C(=O)OC)c1. The molecule has 8 nitrogen and oxygen atoms in total. The van der Waals surface area contributed by atoms with Gasteiger partial charge in [0.15, 0.2) is 0 Å². The Balaban J connectivity index is 2.06. The number of anilines is 1. The average molecular weight is 499 g/mol. The summed E-state index contributed by atoms with van der Waals surface area (Å²) in [7, 11) is 1.26. The van der Waals surface area contributed by atoms with Gasteiger partial charge in [0.2, 0.25) is 0 Å². The first kappa shape index (κ1) is 26.9. The van der Waals surface area contributed by atoms with Crippen LogP contribution in [0.3, 0.4) is 0 Å². The quantitative estimate of drug-likeness (QED) is 0.193. The van der Waals surface area contributed by atoms with Crippen molar-refractivity contribution in [3.05, 3.63) is 95.1 Å². The van der Waals surface area contributed by atoms with Crippen molar-refractivity contribution in [3.63, 3.8) is 0 Å². The monoisotopic (exact) mass is 498 g/mol. The number of ether oxygens (including phenoxy) is 1. The van der Waals surface area contributed by atoms with Gasteiger partial charge in [-0.15, -0.1) is 0 Å². The standard InChI is InChI=1S/C29H30N4O4/c1-5-18-6-12-23(28(35)33-21-10-7-19(8-11-21)26(30)31)24(14-18)22-13-9-20(15-25(22)29(36)37-4)27(34)32-16-17(2)3/h5-15,17H,1,16H2,2-4H3,(H3,30,31)(H,32,34)(H,33,35). The highest BCUT2D eigenvalue weighted by molar-refractivity contribution is 6.11. The number of hydrogen-bond acceptors (Lipinski definition) is 5. The van der Waals surface area contributed by atoms with Crippen molar-refractivity contribution < 1.29 is 19.1 Å². The number of rotatable bonds is 9. The lowest BCUT2D eigenvalue weighted by Crippen LogP contribution is -2.27. The summed E-state index contributed by atoms with van der Waals surface area (Å²) in [5.74, 6) is -1.15. The van der Waals surface area contributed by atoms with Crippen LogP contribution < -0.4 is 16.4 Å². The molecule has 0 spiro atoms. The Morgan fingerprint density at radius 2 is 1.62 bits per heavy atom. The molecule has 3 aromatic carbocycles. The van der Waals surface area contributed by atoms with Gasteiger partial charge in [-0.3, -0.25) is 15.0 Å². The summed E-state index contributed by atoms with van der Waals surface area (Å²) in [6, 6.07) is 16.4. The molecule has 0 unspecified atom stereocenters. The van der Waals surface area contributed by atoms with Gasteiger partial charge in [0, 0.05) is 28.9 Å². The predicted octanol–water partition coefficient (Wildman–Crippen LogP) is 4.71. The molecule has 0 fully saturated rings. The predicted molar refractivity (Wildman–Crippen MR) is 146 cm³/mol. The van der Waals surface area contributed by atoms with Crippen LogP contribution in [0, 0.1) is 11.3 Å². The van der Waals surface area contributed by atoms with E-state index in [0.717, 1.165) is 5.56 Å². The van der Waals surface area contributed by atoms with Gasteiger partial charge >= 0.3 is 5.97 Å². The molecule has 2 amide bonds. The molecule has 8 heteroatoms. The fourth-order valence-electron chi connectivity index (χ4n) is 3.64. The van der Waals surface area contributed by atoms with Gasteiger partial charge in [0.05, 0.1) is 12.7 Å². The molecule has 3 aromatic rings. The number of amides is 2. The van der Waals surface area contributed by atoms with Crippen LogP contribution >= 0.6 is 0 Å². The highest BCUT2D eigenvalue weighted by Crippen LogP contribution is 2.31. The minimum absolute atomic E-state index is 0.0724. The third-order valence-corrected chi connectivity index (χ3v) is 5.63. The Morgan fingerprint density at radius 3 is 2.22 bits per heavy atom. The number of benzene rings is 3. The highest BCUT2D eigenvalue weighted by Gasteiger charge is 2.21.